The van der Waals surface area contributed by atoms with Crippen molar-refractivity contribution in [3.63, 3.8) is 0 Å². The lowest BCUT2D eigenvalue weighted by Gasteiger charge is -2.21. The Balaban J connectivity index is 1.50. The van der Waals surface area contributed by atoms with Crippen LogP contribution in [-0.4, -0.2) is 29.1 Å². The van der Waals surface area contributed by atoms with Crippen molar-refractivity contribution >= 4 is 17.2 Å². The van der Waals surface area contributed by atoms with Crippen LogP contribution in [0.5, 0.6) is 0 Å². The highest BCUT2D eigenvalue weighted by atomic mass is 32.1. The number of aromatic nitrogens is 1. The van der Waals surface area contributed by atoms with Crippen molar-refractivity contribution in [1.29, 1.82) is 0 Å². The van der Waals surface area contributed by atoms with Gasteiger partial charge < -0.3 is 10.1 Å². The molecular formula is C14H20N2O2S. The third kappa shape index (κ3) is 2.98. The van der Waals surface area contributed by atoms with E-state index in [0.717, 1.165) is 30.0 Å². The largest absolute Gasteiger partial charge is 0.373 e. The molecule has 1 aliphatic carbocycles. The molecule has 4 nitrogen and oxygen atoms in total. The molecule has 5 heteroatoms. The minimum atomic E-state index is 0.0638. The minimum Gasteiger partial charge on any atom is -0.373 e. The summed E-state index contributed by atoms with van der Waals surface area (Å²) in [6, 6.07) is 0.185. The fourth-order valence-electron chi connectivity index (χ4n) is 3.24. The molecule has 1 unspecified atom stereocenters. The van der Waals surface area contributed by atoms with Gasteiger partial charge in [-0.3, -0.25) is 4.79 Å². The molecule has 0 radical (unpaired) electrons. The quantitative estimate of drug-likeness (QED) is 0.923. The highest BCUT2D eigenvalue weighted by Crippen LogP contribution is 2.40. The van der Waals surface area contributed by atoms with E-state index in [-0.39, 0.29) is 17.6 Å². The summed E-state index contributed by atoms with van der Waals surface area (Å²) >= 11 is 1.59. The van der Waals surface area contributed by atoms with Crippen LogP contribution in [-0.2, 0) is 16.0 Å². The molecule has 19 heavy (non-hydrogen) atoms. The van der Waals surface area contributed by atoms with Crippen molar-refractivity contribution in [1.82, 2.24) is 10.3 Å². The lowest BCUT2D eigenvalue weighted by Crippen LogP contribution is -2.37. The van der Waals surface area contributed by atoms with Crippen LogP contribution in [0.2, 0.25) is 0 Å². The molecule has 104 valence electrons. The number of aryl methyl sites for hydroxylation is 1. The number of carbonyl (C=O) groups excluding carboxylic acids is 1. The van der Waals surface area contributed by atoms with Crippen LogP contribution in [0.15, 0.2) is 5.38 Å². The Morgan fingerprint density at radius 1 is 1.58 bits per heavy atom. The zero-order valence-corrected chi connectivity index (χ0v) is 12.1. The maximum absolute atomic E-state index is 12.0. The van der Waals surface area contributed by atoms with Gasteiger partial charge in [-0.15, -0.1) is 11.3 Å². The Bertz CT molecular complexity index is 466. The number of nitrogens with one attached hydrogen (secondary N) is 1. The van der Waals surface area contributed by atoms with Crippen LogP contribution in [0, 0.1) is 6.92 Å². The Morgan fingerprint density at radius 2 is 2.37 bits per heavy atom. The lowest BCUT2D eigenvalue weighted by atomic mass is 9.96. The van der Waals surface area contributed by atoms with Gasteiger partial charge in [0.15, 0.2) is 0 Å². The van der Waals surface area contributed by atoms with Crippen LogP contribution in [0.3, 0.4) is 0 Å². The van der Waals surface area contributed by atoms with E-state index in [0.29, 0.717) is 13.0 Å². The van der Waals surface area contributed by atoms with Crippen molar-refractivity contribution in [2.45, 2.75) is 57.1 Å². The average molecular weight is 280 g/mol. The highest BCUT2D eigenvalue weighted by Gasteiger charge is 2.42. The van der Waals surface area contributed by atoms with E-state index in [1.54, 1.807) is 11.3 Å². The Labute approximate surface area is 117 Å². The highest BCUT2D eigenvalue weighted by molar-refractivity contribution is 7.09. The normalized spacial score (nSPS) is 25.0. The standard InChI is InChI=1S/C14H20N2O2S/c1-10-15-11(9-19-10)6-13(17)16-12-7-14(18-8-12)4-2-3-5-14/h9,12H,2-8H2,1H3,(H,16,17). The van der Waals surface area contributed by atoms with Gasteiger partial charge >= 0.3 is 0 Å². The molecule has 2 fully saturated rings. The van der Waals surface area contributed by atoms with E-state index in [1.165, 1.54) is 12.8 Å². The van der Waals surface area contributed by atoms with Crippen LogP contribution < -0.4 is 5.32 Å². The first-order chi connectivity index (χ1) is 9.15. The summed E-state index contributed by atoms with van der Waals surface area (Å²) < 4.78 is 5.94. The van der Waals surface area contributed by atoms with Gasteiger partial charge in [0.25, 0.3) is 0 Å². The van der Waals surface area contributed by atoms with E-state index in [1.807, 2.05) is 12.3 Å². The first-order valence-corrected chi connectivity index (χ1v) is 7.88. The maximum Gasteiger partial charge on any atom is 0.226 e. The maximum atomic E-state index is 12.0. The summed E-state index contributed by atoms with van der Waals surface area (Å²) in [5, 5.41) is 6.06. The Hall–Kier alpha value is -0.940. The van der Waals surface area contributed by atoms with Crippen LogP contribution in [0.25, 0.3) is 0 Å². The second-order valence-electron chi connectivity index (χ2n) is 5.70. The summed E-state index contributed by atoms with van der Waals surface area (Å²) in [6.45, 7) is 2.63. The molecule has 0 aromatic carbocycles. The fraction of sp³-hybridized carbons (Fsp3) is 0.714. The second-order valence-corrected chi connectivity index (χ2v) is 6.77. The Kier molecular flexibility index (Phi) is 3.58. The van der Waals surface area contributed by atoms with Crippen molar-refractivity contribution in [3.8, 4) is 0 Å². The first kappa shape index (κ1) is 13.1. The van der Waals surface area contributed by atoms with Crippen LogP contribution in [0.4, 0.5) is 0 Å². The minimum absolute atomic E-state index is 0.0638. The summed E-state index contributed by atoms with van der Waals surface area (Å²) in [5.41, 5.74) is 0.948. The number of rotatable bonds is 3. The van der Waals surface area contributed by atoms with Crippen molar-refractivity contribution < 1.29 is 9.53 Å². The Morgan fingerprint density at radius 3 is 3.05 bits per heavy atom. The molecule has 1 saturated carbocycles. The molecule has 1 N–H and O–H groups in total. The summed E-state index contributed by atoms with van der Waals surface area (Å²) in [6.07, 6.45) is 6.20. The molecule has 3 rings (SSSR count). The topological polar surface area (TPSA) is 51.2 Å². The molecular weight excluding hydrogens is 260 g/mol. The number of hydrogen-bond acceptors (Lipinski definition) is 4. The van der Waals surface area contributed by atoms with E-state index >= 15 is 0 Å². The number of thiazole rings is 1. The number of nitrogens with zero attached hydrogens (tertiary/aromatic N) is 1. The predicted molar refractivity (Wildman–Crippen MR) is 74.3 cm³/mol. The van der Waals surface area contributed by atoms with Crippen LogP contribution in [0.1, 0.15) is 42.8 Å². The van der Waals surface area contributed by atoms with E-state index in [2.05, 4.69) is 10.3 Å². The smallest absolute Gasteiger partial charge is 0.226 e. The number of carbonyl (C=O) groups is 1. The van der Waals surface area contributed by atoms with Crippen molar-refractivity contribution in [3.05, 3.63) is 16.1 Å². The number of ether oxygens (including phenoxy) is 1. The molecule has 1 aromatic heterocycles. The molecule has 2 aliphatic rings. The second kappa shape index (κ2) is 5.21. The van der Waals surface area contributed by atoms with Crippen molar-refractivity contribution in [2.75, 3.05) is 6.61 Å². The van der Waals surface area contributed by atoms with Gasteiger partial charge in [0.05, 0.1) is 35.4 Å². The van der Waals surface area contributed by atoms with E-state index in [9.17, 15) is 4.79 Å². The average Bonchev–Trinajstić information content (AvgIpc) is 3.05. The number of amides is 1. The van der Waals surface area contributed by atoms with Gasteiger partial charge in [-0.25, -0.2) is 4.98 Å². The summed E-state index contributed by atoms with van der Waals surface area (Å²) in [4.78, 5) is 16.3. The summed E-state index contributed by atoms with van der Waals surface area (Å²) in [7, 11) is 0. The van der Waals surface area contributed by atoms with E-state index < -0.39 is 0 Å². The van der Waals surface area contributed by atoms with Gasteiger partial charge in [-0.05, 0) is 26.2 Å². The third-order valence-electron chi connectivity index (χ3n) is 4.10. The van der Waals surface area contributed by atoms with Gasteiger partial charge in [0.2, 0.25) is 5.91 Å². The van der Waals surface area contributed by atoms with Crippen LogP contribution >= 0.6 is 11.3 Å². The molecule has 2 heterocycles. The molecule has 1 amide bonds. The zero-order valence-electron chi connectivity index (χ0n) is 11.3. The van der Waals surface area contributed by atoms with Crippen molar-refractivity contribution in [2.24, 2.45) is 0 Å². The van der Waals surface area contributed by atoms with Gasteiger partial charge in [-0.1, -0.05) is 12.8 Å². The molecule has 1 atom stereocenters. The molecule has 1 spiro atoms. The predicted octanol–water partition coefficient (Wildman–Crippen LogP) is 2.21. The third-order valence-corrected chi connectivity index (χ3v) is 4.92. The van der Waals surface area contributed by atoms with E-state index in [4.69, 9.17) is 4.74 Å². The summed E-state index contributed by atoms with van der Waals surface area (Å²) in [5.74, 6) is 0.0638. The SMILES string of the molecule is Cc1nc(CC(=O)NC2COC3(CCCC3)C2)cs1. The monoisotopic (exact) mass is 280 g/mol. The number of hydrogen-bond donors (Lipinski definition) is 1. The first-order valence-electron chi connectivity index (χ1n) is 7.00. The lowest BCUT2D eigenvalue weighted by molar-refractivity contribution is -0.121. The van der Waals surface area contributed by atoms with Gasteiger partial charge in [-0.2, -0.15) is 0 Å². The van der Waals surface area contributed by atoms with Gasteiger partial charge in [0, 0.05) is 5.38 Å². The fourth-order valence-corrected chi connectivity index (χ4v) is 3.85. The molecule has 0 bridgehead atoms. The molecule has 1 aliphatic heterocycles. The molecule has 1 aromatic rings. The zero-order chi connectivity index (χ0) is 13.3. The van der Waals surface area contributed by atoms with Gasteiger partial charge in [0.1, 0.15) is 0 Å². The molecule has 1 saturated heterocycles.